The monoisotopic (exact) mass is 275 g/mol. The second-order valence-electron chi connectivity index (χ2n) is 5.30. The van der Waals surface area contributed by atoms with Crippen molar-refractivity contribution in [3.63, 3.8) is 0 Å². The molecule has 0 fully saturated rings. The summed E-state index contributed by atoms with van der Waals surface area (Å²) in [7, 11) is 0. The number of aryl methyl sites for hydroxylation is 2. The Balaban J connectivity index is 2.13. The normalized spacial score (nSPS) is 16.1. The van der Waals surface area contributed by atoms with Crippen molar-refractivity contribution in [1.29, 1.82) is 0 Å². The molecule has 0 amide bonds. The van der Waals surface area contributed by atoms with Crippen LogP contribution in [0, 0.1) is 11.8 Å². The Morgan fingerprint density at radius 2 is 2.16 bits per heavy atom. The van der Waals surface area contributed by atoms with Crippen LogP contribution in [0.2, 0.25) is 0 Å². The molecule has 2 rings (SSSR count). The van der Waals surface area contributed by atoms with Crippen LogP contribution in [0.4, 0.5) is 0 Å². The average Bonchev–Trinajstić information content (AvgIpc) is 2.70. The Morgan fingerprint density at radius 3 is 2.95 bits per heavy atom. The van der Waals surface area contributed by atoms with Crippen molar-refractivity contribution in [2.24, 2.45) is 0 Å². The topological polar surface area (TPSA) is 12.0 Å². The molecule has 1 atom stereocenters. The fourth-order valence-electron chi connectivity index (χ4n) is 2.66. The third-order valence-electron chi connectivity index (χ3n) is 3.73. The van der Waals surface area contributed by atoms with Crippen LogP contribution in [0.5, 0.6) is 0 Å². The first kappa shape index (κ1) is 14.6. The molecule has 0 saturated heterocycles. The van der Waals surface area contributed by atoms with E-state index in [1.54, 1.807) is 10.4 Å². The number of rotatable bonds is 5. The van der Waals surface area contributed by atoms with Gasteiger partial charge in [-0.05, 0) is 57.2 Å². The van der Waals surface area contributed by atoms with Crippen molar-refractivity contribution in [2.75, 3.05) is 6.54 Å². The van der Waals surface area contributed by atoms with Crippen LogP contribution >= 0.6 is 11.3 Å². The lowest BCUT2D eigenvalue weighted by Crippen LogP contribution is -2.20. The van der Waals surface area contributed by atoms with Gasteiger partial charge in [-0.3, -0.25) is 0 Å². The summed E-state index contributed by atoms with van der Waals surface area (Å²) >= 11 is 2.03. The molecule has 1 heterocycles. The molecule has 1 aromatic rings. The lowest BCUT2D eigenvalue weighted by Gasteiger charge is -2.14. The van der Waals surface area contributed by atoms with Crippen LogP contribution in [0.15, 0.2) is 6.07 Å². The number of hydrogen-bond acceptors (Lipinski definition) is 2. The van der Waals surface area contributed by atoms with Crippen molar-refractivity contribution < 1.29 is 0 Å². The molecule has 0 radical (unpaired) electrons. The molecule has 1 aliphatic carbocycles. The van der Waals surface area contributed by atoms with Gasteiger partial charge in [-0.2, -0.15) is 0 Å². The molecule has 0 aliphatic heterocycles. The van der Waals surface area contributed by atoms with Crippen molar-refractivity contribution in [3.8, 4) is 11.8 Å². The lowest BCUT2D eigenvalue weighted by atomic mass is 10.1. The van der Waals surface area contributed by atoms with Crippen LogP contribution < -0.4 is 5.32 Å². The van der Waals surface area contributed by atoms with E-state index in [2.05, 4.69) is 30.1 Å². The van der Waals surface area contributed by atoms with E-state index in [4.69, 9.17) is 0 Å². The Kier molecular flexibility index (Phi) is 5.94. The van der Waals surface area contributed by atoms with Crippen molar-refractivity contribution in [3.05, 3.63) is 21.4 Å². The van der Waals surface area contributed by atoms with Crippen LogP contribution in [-0.4, -0.2) is 6.54 Å². The molecule has 0 saturated carbocycles. The molecule has 0 bridgehead atoms. The van der Waals surface area contributed by atoms with Crippen molar-refractivity contribution in [1.82, 2.24) is 5.32 Å². The summed E-state index contributed by atoms with van der Waals surface area (Å²) in [4.78, 5) is 3.14. The smallest absolute Gasteiger partial charge is 0.0525 e. The SMILES string of the molecule is CC#CCC(NCCC)c1cc2c(s1)CCCCC2. The van der Waals surface area contributed by atoms with Crippen LogP contribution in [-0.2, 0) is 12.8 Å². The first-order valence-electron chi connectivity index (χ1n) is 7.59. The van der Waals surface area contributed by atoms with E-state index in [-0.39, 0.29) is 0 Å². The number of fused-ring (bicyclic) bond motifs is 1. The predicted octanol–water partition coefficient (Wildman–Crippen LogP) is 4.47. The average molecular weight is 275 g/mol. The summed E-state index contributed by atoms with van der Waals surface area (Å²) in [5, 5.41) is 3.65. The maximum Gasteiger partial charge on any atom is 0.0525 e. The molecule has 0 aromatic carbocycles. The van der Waals surface area contributed by atoms with E-state index in [9.17, 15) is 0 Å². The predicted molar refractivity (Wildman–Crippen MR) is 84.7 cm³/mol. The van der Waals surface area contributed by atoms with E-state index < -0.39 is 0 Å². The third-order valence-corrected chi connectivity index (χ3v) is 5.08. The van der Waals surface area contributed by atoms with E-state index in [1.165, 1.54) is 43.4 Å². The van der Waals surface area contributed by atoms with Gasteiger partial charge >= 0.3 is 0 Å². The van der Waals surface area contributed by atoms with E-state index >= 15 is 0 Å². The van der Waals surface area contributed by atoms with E-state index in [1.807, 2.05) is 18.3 Å². The van der Waals surface area contributed by atoms with Gasteiger partial charge in [0.2, 0.25) is 0 Å². The minimum absolute atomic E-state index is 0.435. The van der Waals surface area contributed by atoms with Gasteiger partial charge in [0.05, 0.1) is 6.04 Å². The van der Waals surface area contributed by atoms with Gasteiger partial charge in [-0.1, -0.05) is 13.3 Å². The number of hydrogen-bond donors (Lipinski definition) is 1. The summed E-state index contributed by atoms with van der Waals surface area (Å²) in [5.74, 6) is 6.27. The summed E-state index contributed by atoms with van der Waals surface area (Å²) in [5.41, 5.74) is 1.62. The fourth-order valence-corrected chi connectivity index (χ4v) is 3.99. The second-order valence-corrected chi connectivity index (χ2v) is 6.46. The van der Waals surface area contributed by atoms with Gasteiger partial charge in [0.25, 0.3) is 0 Å². The highest BCUT2D eigenvalue weighted by Crippen LogP contribution is 2.33. The van der Waals surface area contributed by atoms with Gasteiger partial charge in [-0.25, -0.2) is 0 Å². The summed E-state index contributed by atoms with van der Waals surface area (Å²) in [6, 6.07) is 2.89. The Labute approximate surface area is 121 Å². The fraction of sp³-hybridized carbons (Fsp3) is 0.647. The van der Waals surface area contributed by atoms with Crippen molar-refractivity contribution >= 4 is 11.3 Å². The number of thiophene rings is 1. The molecule has 19 heavy (non-hydrogen) atoms. The first-order chi connectivity index (χ1) is 9.35. The molecule has 104 valence electrons. The molecule has 1 nitrogen and oxygen atoms in total. The highest BCUT2D eigenvalue weighted by molar-refractivity contribution is 7.12. The van der Waals surface area contributed by atoms with Crippen LogP contribution in [0.3, 0.4) is 0 Å². The van der Waals surface area contributed by atoms with Crippen LogP contribution in [0.1, 0.15) is 67.3 Å². The second kappa shape index (κ2) is 7.72. The summed E-state index contributed by atoms with van der Waals surface area (Å²) in [6.07, 6.45) is 8.83. The van der Waals surface area contributed by atoms with Gasteiger partial charge in [0.1, 0.15) is 0 Å². The highest BCUT2D eigenvalue weighted by Gasteiger charge is 2.17. The largest absolute Gasteiger partial charge is 0.308 e. The minimum atomic E-state index is 0.435. The molecular formula is C17H25NS. The lowest BCUT2D eigenvalue weighted by molar-refractivity contribution is 0.549. The molecular weight excluding hydrogens is 250 g/mol. The minimum Gasteiger partial charge on any atom is -0.308 e. The Morgan fingerprint density at radius 1 is 1.32 bits per heavy atom. The van der Waals surface area contributed by atoms with E-state index in [0.29, 0.717) is 6.04 Å². The third kappa shape index (κ3) is 4.09. The molecule has 1 unspecified atom stereocenters. The zero-order valence-electron chi connectivity index (χ0n) is 12.2. The summed E-state index contributed by atoms with van der Waals surface area (Å²) < 4.78 is 0. The van der Waals surface area contributed by atoms with Crippen LogP contribution in [0.25, 0.3) is 0 Å². The first-order valence-corrected chi connectivity index (χ1v) is 8.41. The van der Waals surface area contributed by atoms with Gasteiger partial charge in [-0.15, -0.1) is 23.2 Å². The highest BCUT2D eigenvalue weighted by atomic mass is 32.1. The molecule has 1 aliphatic rings. The molecule has 2 heteroatoms. The standard InChI is InChI=1S/C17H25NS/c1-3-5-10-15(18-12-4-2)17-13-14-9-7-6-8-11-16(14)19-17/h13,15,18H,4,6-12H2,1-2H3. The zero-order chi connectivity index (χ0) is 13.5. The molecule has 1 N–H and O–H groups in total. The zero-order valence-corrected chi connectivity index (χ0v) is 13.0. The van der Waals surface area contributed by atoms with Gasteiger partial charge in [0, 0.05) is 16.2 Å². The Hall–Kier alpha value is -0.780. The maximum absolute atomic E-state index is 3.65. The van der Waals surface area contributed by atoms with E-state index in [0.717, 1.165) is 13.0 Å². The Bertz CT molecular complexity index is 426. The van der Waals surface area contributed by atoms with Gasteiger partial charge in [0.15, 0.2) is 0 Å². The van der Waals surface area contributed by atoms with Crippen molar-refractivity contribution in [2.45, 2.75) is 64.8 Å². The van der Waals surface area contributed by atoms with Gasteiger partial charge < -0.3 is 5.32 Å². The quantitative estimate of drug-likeness (QED) is 0.617. The maximum atomic E-state index is 3.65. The molecule has 0 spiro atoms. The molecule has 1 aromatic heterocycles. The number of nitrogens with one attached hydrogen (secondary N) is 1. The summed E-state index contributed by atoms with van der Waals surface area (Å²) in [6.45, 7) is 5.23.